The first kappa shape index (κ1) is 29.7. The number of carboxylic acids is 1. The van der Waals surface area contributed by atoms with Gasteiger partial charge >= 0.3 is 11.9 Å². The first-order valence-electron chi connectivity index (χ1n) is 13.4. The van der Waals surface area contributed by atoms with E-state index in [4.69, 9.17) is 4.74 Å². The zero-order valence-electron chi connectivity index (χ0n) is 22.9. The van der Waals surface area contributed by atoms with Gasteiger partial charge in [0.1, 0.15) is 11.5 Å². The van der Waals surface area contributed by atoms with Crippen molar-refractivity contribution in [2.45, 2.75) is 30.7 Å². The maximum Gasteiger partial charge on any atom is 0.326 e. The molecule has 0 unspecified atom stereocenters. The van der Waals surface area contributed by atoms with Crippen LogP contribution in [0.25, 0.3) is 0 Å². The van der Waals surface area contributed by atoms with Gasteiger partial charge in [-0.3, -0.25) is 19.7 Å². The van der Waals surface area contributed by atoms with Gasteiger partial charge in [0, 0.05) is 18.1 Å². The van der Waals surface area contributed by atoms with Crippen LogP contribution < -0.4 is 5.32 Å². The summed E-state index contributed by atoms with van der Waals surface area (Å²) in [5.74, 6) is -3.75. The number of aliphatic carboxylic acids is 1. The first-order chi connectivity index (χ1) is 20.3. The number of carbonyl (C=O) groups excluding carboxylic acids is 2. The fraction of sp³-hybridized carbons (Fsp3) is 0.182. The van der Waals surface area contributed by atoms with E-state index < -0.39 is 40.1 Å². The predicted octanol–water partition coefficient (Wildman–Crippen LogP) is 5.24. The first-order valence-corrected chi connectivity index (χ1v) is 13.4. The lowest BCUT2D eigenvalue weighted by Gasteiger charge is -2.36. The number of esters is 1. The van der Waals surface area contributed by atoms with E-state index in [1.807, 2.05) is 54.6 Å². The van der Waals surface area contributed by atoms with Gasteiger partial charge < -0.3 is 15.2 Å². The number of nitro benzene ring substituents is 1. The van der Waals surface area contributed by atoms with E-state index in [0.29, 0.717) is 22.3 Å². The minimum absolute atomic E-state index is 0.0784. The Labute approximate surface area is 242 Å². The SMILES string of the molecule is CCOC(=O)C[C@H](c1ccc([N+](=O)[O-])cc1)[C@@H](NC(=O)C(c1ccccc1)(c1ccccc1)c1ccccc1)C(=O)O. The zero-order valence-corrected chi connectivity index (χ0v) is 22.9. The van der Waals surface area contributed by atoms with Crippen LogP contribution >= 0.6 is 0 Å². The highest BCUT2D eigenvalue weighted by molar-refractivity contribution is 5.98. The molecular weight excluding hydrogens is 536 g/mol. The zero-order chi connectivity index (χ0) is 30.1. The predicted molar refractivity (Wildman–Crippen MR) is 156 cm³/mol. The van der Waals surface area contributed by atoms with Gasteiger partial charge in [0.15, 0.2) is 0 Å². The second kappa shape index (κ2) is 13.4. The summed E-state index contributed by atoms with van der Waals surface area (Å²) in [5, 5.41) is 24.4. The molecule has 0 spiro atoms. The lowest BCUT2D eigenvalue weighted by molar-refractivity contribution is -0.384. The van der Waals surface area contributed by atoms with E-state index in [2.05, 4.69) is 5.32 Å². The summed E-state index contributed by atoms with van der Waals surface area (Å²) >= 11 is 0. The molecule has 0 aromatic heterocycles. The summed E-state index contributed by atoms with van der Waals surface area (Å²) in [6.45, 7) is 1.71. The summed E-state index contributed by atoms with van der Waals surface area (Å²) in [5.41, 5.74) is 0.511. The molecule has 0 saturated carbocycles. The minimum Gasteiger partial charge on any atom is -0.480 e. The van der Waals surface area contributed by atoms with Crippen molar-refractivity contribution in [3.63, 3.8) is 0 Å². The van der Waals surface area contributed by atoms with Crippen LogP contribution in [0.5, 0.6) is 0 Å². The van der Waals surface area contributed by atoms with Gasteiger partial charge in [-0.2, -0.15) is 0 Å². The maximum atomic E-state index is 14.7. The number of nitrogens with one attached hydrogen (secondary N) is 1. The van der Waals surface area contributed by atoms with Crippen LogP contribution in [-0.2, 0) is 24.5 Å². The second-order valence-electron chi connectivity index (χ2n) is 9.60. The summed E-state index contributed by atoms with van der Waals surface area (Å²) in [7, 11) is 0. The van der Waals surface area contributed by atoms with Crippen molar-refractivity contribution in [1.29, 1.82) is 0 Å². The highest BCUT2D eigenvalue weighted by atomic mass is 16.6. The number of carboxylic acid groups (broad SMARTS) is 1. The van der Waals surface area contributed by atoms with Crippen LogP contribution in [0.4, 0.5) is 5.69 Å². The van der Waals surface area contributed by atoms with Gasteiger partial charge in [0.05, 0.1) is 18.0 Å². The Bertz CT molecular complexity index is 1430. The summed E-state index contributed by atoms with van der Waals surface area (Å²) in [4.78, 5) is 50.8. The quantitative estimate of drug-likeness (QED) is 0.104. The fourth-order valence-corrected chi connectivity index (χ4v) is 5.21. The number of rotatable bonds is 12. The van der Waals surface area contributed by atoms with Gasteiger partial charge in [0.2, 0.25) is 5.91 Å². The minimum atomic E-state index is -1.58. The number of nitrogens with zero attached hydrogens (tertiary/aromatic N) is 1. The van der Waals surface area contributed by atoms with Crippen LogP contribution in [0.15, 0.2) is 115 Å². The Morgan fingerprint density at radius 2 is 1.26 bits per heavy atom. The highest BCUT2D eigenvalue weighted by Gasteiger charge is 2.46. The van der Waals surface area contributed by atoms with Crippen molar-refractivity contribution in [1.82, 2.24) is 5.32 Å². The third kappa shape index (κ3) is 6.20. The highest BCUT2D eigenvalue weighted by Crippen LogP contribution is 2.40. The van der Waals surface area contributed by atoms with Crippen LogP contribution in [0.3, 0.4) is 0 Å². The van der Waals surface area contributed by atoms with Crippen molar-refractivity contribution < 1.29 is 29.2 Å². The number of hydrogen-bond donors (Lipinski definition) is 2. The van der Waals surface area contributed by atoms with E-state index in [1.165, 1.54) is 24.3 Å². The molecule has 42 heavy (non-hydrogen) atoms. The summed E-state index contributed by atoms with van der Waals surface area (Å²) in [6.07, 6.45) is -0.377. The molecule has 0 aliphatic rings. The van der Waals surface area contributed by atoms with Gasteiger partial charge in [-0.15, -0.1) is 0 Å². The van der Waals surface area contributed by atoms with Crippen LogP contribution in [-0.4, -0.2) is 40.5 Å². The number of carbonyl (C=O) groups is 3. The number of hydrogen-bond acceptors (Lipinski definition) is 6. The topological polar surface area (TPSA) is 136 Å². The molecule has 214 valence electrons. The lowest BCUT2D eigenvalue weighted by atomic mass is 9.68. The molecule has 2 atom stereocenters. The molecule has 0 aliphatic carbocycles. The standard InChI is InChI=1S/C33H30N2O7/c1-2-42-29(36)22-28(23-18-20-27(21-19-23)35(40)41)30(31(37)38)34-32(39)33(24-12-6-3-7-13-24,25-14-8-4-9-15-25)26-16-10-5-11-17-26/h3-21,28,30H,2,22H2,1H3,(H,34,39)(H,37,38)/t28-,30-/m1/s1. The molecular formula is C33H30N2O7. The van der Waals surface area contributed by atoms with Crippen molar-refractivity contribution in [2.24, 2.45) is 0 Å². The molecule has 0 heterocycles. The molecule has 2 N–H and O–H groups in total. The number of benzene rings is 4. The van der Waals surface area contributed by atoms with Crippen molar-refractivity contribution in [3.8, 4) is 0 Å². The van der Waals surface area contributed by atoms with Gasteiger partial charge in [-0.05, 0) is 29.2 Å². The largest absolute Gasteiger partial charge is 0.480 e. The number of non-ortho nitro benzene ring substituents is 1. The number of ether oxygens (including phenoxy) is 1. The average molecular weight is 567 g/mol. The Morgan fingerprint density at radius 1 is 0.810 bits per heavy atom. The molecule has 4 aromatic carbocycles. The molecule has 0 saturated heterocycles. The third-order valence-corrected chi connectivity index (χ3v) is 7.14. The Morgan fingerprint density at radius 3 is 1.64 bits per heavy atom. The molecule has 4 rings (SSSR count). The lowest BCUT2D eigenvalue weighted by Crippen LogP contribution is -2.54. The van der Waals surface area contributed by atoms with Crippen LogP contribution in [0.2, 0.25) is 0 Å². The molecule has 0 bridgehead atoms. The molecule has 4 aromatic rings. The fourth-order valence-electron chi connectivity index (χ4n) is 5.21. The van der Waals surface area contributed by atoms with Gasteiger partial charge in [-0.1, -0.05) is 103 Å². The molecule has 0 aliphatic heterocycles. The second-order valence-corrected chi connectivity index (χ2v) is 9.60. The van der Waals surface area contributed by atoms with E-state index >= 15 is 0 Å². The molecule has 9 heteroatoms. The van der Waals surface area contributed by atoms with Crippen molar-refractivity contribution in [2.75, 3.05) is 6.61 Å². The molecule has 9 nitrogen and oxygen atoms in total. The normalized spacial score (nSPS) is 12.5. The summed E-state index contributed by atoms with van der Waals surface area (Å²) < 4.78 is 5.11. The van der Waals surface area contributed by atoms with Crippen molar-refractivity contribution >= 4 is 23.5 Å². The third-order valence-electron chi connectivity index (χ3n) is 7.14. The van der Waals surface area contributed by atoms with E-state index in [-0.39, 0.29) is 18.7 Å². The smallest absolute Gasteiger partial charge is 0.326 e. The van der Waals surface area contributed by atoms with Gasteiger partial charge in [0.25, 0.3) is 5.69 Å². The maximum absolute atomic E-state index is 14.7. The number of amides is 1. The molecule has 0 fully saturated rings. The Balaban J connectivity index is 1.87. The monoisotopic (exact) mass is 566 g/mol. The molecule has 1 amide bonds. The van der Waals surface area contributed by atoms with E-state index in [0.717, 1.165) is 0 Å². The summed E-state index contributed by atoms with van der Waals surface area (Å²) in [6, 6.07) is 30.8. The molecule has 0 radical (unpaired) electrons. The average Bonchev–Trinajstić information content (AvgIpc) is 3.01. The van der Waals surface area contributed by atoms with E-state index in [9.17, 15) is 29.6 Å². The number of nitro groups is 1. The van der Waals surface area contributed by atoms with Gasteiger partial charge in [-0.25, -0.2) is 4.79 Å². The Kier molecular flexibility index (Phi) is 9.44. The Hall–Kier alpha value is -5.31. The van der Waals surface area contributed by atoms with Crippen LogP contribution in [0, 0.1) is 10.1 Å². The van der Waals surface area contributed by atoms with Crippen molar-refractivity contribution in [3.05, 3.63) is 148 Å². The van der Waals surface area contributed by atoms with E-state index in [1.54, 1.807) is 43.3 Å². The van der Waals surface area contributed by atoms with Crippen LogP contribution in [0.1, 0.15) is 41.5 Å².